The second-order valence-electron chi connectivity index (χ2n) is 5.67. The molecule has 0 saturated carbocycles. The molecule has 6 nitrogen and oxygen atoms in total. The van der Waals surface area contributed by atoms with Crippen molar-refractivity contribution in [3.05, 3.63) is 59.0 Å². The molecule has 3 aromatic heterocycles. The molecular weight excluding hydrogens is 386 g/mol. The van der Waals surface area contributed by atoms with Gasteiger partial charge in [-0.15, -0.1) is 11.3 Å². The number of ether oxygens (including phenoxy) is 3. The summed E-state index contributed by atoms with van der Waals surface area (Å²) >= 11 is 7.63. The van der Waals surface area contributed by atoms with Crippen molar-refractivity contribution in [1.29, 1.82) is 0 Å². The Morgan fingerprint density at radius 1 is 1.11 bits per heavy atom. The number of hydrogen-bond donors (Lipinski definition) is 0. The number of pyridine rings is 1. The van der Waals surface area contributed by atoms with E-state index in [4.69, 9.17) is 25.8 Å². The number of halogens is 1. The maximum Gasteiger partial charge on any atom is 0.163 e. The van der Waals surface area contributed by atoms with Crippen LogP contribution in [0.5, 0.6) is 17.2 Å². The molecule has 0 amide bonds. The van der Waals surface area contributed by atoms with Gasteiger partial charge < -0.3 is 14.2 Å². The maximum absolute atomic E-state index is 6.07. The van der Waals surface area contributed by atoms with Gasteiger partial charge in [-0.3, -0.25) is 4.57 Å². The molecule has 0 unspecified atom stereocenters. The first kappa shape index (κ1) is 17.6. The van der Waals surface area contributed by atoms with Crippen LogP contribution in [0.2, 0.25) is 5.15 Å². The molecule has 0 bridgehead atoms. The predicted molar refractivity (Wildman–Crippen MR) is 106 cm³/mol. The van der Waals surface area contributed by atoms with Crippen LogP contribution in [-0.4, -0.2) is 28.8 Å². The first-order valence-corrected chi connectivity index (χ1v) is 9.35. The first-order chi connectivity index (χ1) is 13.2. The smallest absolute Gasteiger partial charge is 0.163 e. The molecule has 138 valence electrons. The summed E-state index contributed by atoms with van der Waals surface area (Å²) < 4.78 is 18.6. The summed E-state index contributed by atoms with van der Waals surface area (Å²) in [6.45, 7) is 0.360. The Morgan fingerprint density at radius 2 is 1.93 bits per heavy atom. The molecule has 1 aromatic carbocycles. The van der Waals surface area contributed by atoms with Gasteiger partial charge in [0.1, 0.15) is 28.8 Å². The molecule has 8 heteroatoms. The Balaban J connectivity index is 1.60. The van der Waals surface area contributed by atoms with Crippen molar-refractivity contribution in [3.8, 4) is 22.2 Å². The fourth-order valence-corrected chi connectivity index (χ4v) is 3.70. The standard InChI is InChI=1S/C19H16ClN3O3S/c1-24-16-7-14-15(8-17(16)25-2)23(11-22-14)18-6-13(10-27-18)26-9-12-4-3-5-21-19(12)20/h3-8,10-11H,9H2,1-2H3. The maximum atomic E-state index is 6.07. The summed E-state index contributed by atoms with van der Waals surface area (Å²) in [4.78, 5) is 8.52. The van der Waals surface area contributed by atoms with Crippen LogP contribution in [0.4, 0.5) is 0 Å². The minimum absolute atomic E-state index is 0.360. The average Bonchev–Trinajstić information content (AvgIpc) is 3.32. The van der Waals surface area contributed by atoms with Crippen LogP contribution in [-0.2, 0) is 6.61 Å². The molecule has 0 aliphatic rings. The van der Waals surface area contributed by atoms with Crippen molar-refractivity contribution < 1.29 is 14.2 Å². The van der Waals surface area contributed by atoms with Crippen LogP contribution >= 0.6 is 22.9 Å². The molecule has 0 radical (unpaired) electrons. The van der Waals surface area contributed by atoms with Crippen LogP contribution in [0.3, 0.4) is 0 Å². The molecular formula is C19H16ClN3O3S. The summed E-state index contributed by atoms with van der Waals surface area (Å²) in [5.74, 6) is 2.07. The highest BCUT2D eigenvalue weighted by Gasteiger charge is 2.13. The van der Waals surface area contributed by atoms with E-state index < -0.39 is 0 Å². The molecule has 3 heterocycles. The summed E-state index contributed by atoms with van der Waals surface area (Å²) in [7, 11) is 3.23. The topological polar surface area (TPSA) is 58.4 Å². The van der Waals surface area contributed by atoms with E-state index in [-0.39, 0.29) is 0 Å². The normalized spacial score (nSPS) is 10.9. The van der Waals surface area contributed by atoms with Gasteiger partial charge in [-0.2, -0.15) is 0 Å². The van der Waals surface area contributed by atoms with E-state index in [1.807, 2.05) is 40.3 Å². The van der Waals surface area contributed by atoms with E-state index in [1.54, 1.807) is 38.1 Å². The summed E-state index contributed by atoms with van der Waals surface area (Å²) in [5, 5.41) is 3.39. The van der Waals surface area contributed by atoms with Crippen LogP contribution in [0.1, 0.15) is 5.56 Å². The summed E-state index contributed by atoms with van der Waals surface area (Å²) in [6.07, 6.45) is 3.43. The van der Waals surface area contributed by atoms with E-state index in [1.165, 1.54) is 0 Å². The van der Waals surface area contributed by atoms with Crippen molar-refractivity contribution in [1.82, 2.24) is 14.5 Å². The zero-order valence-corrected chi connectivity index (χ0v) is 16.3. The number of rotatable bonds is 6. The summed E-state index contributed by atoms with van der Waals surface area (Å²) in [6, 6.07) is 9.47. The number of fused-ring (bicyclic) bond motifs is 1. The van der Waals surface area contributed by atoms with E-state index in [0.717, 1.165) is 27.3 Å². The van der Waals surface area contributed by atoms with Crippen molar-refractivity contribution in [2.45, 2.75) is 6.61 Å². The van der Waals surface area contributed by atoms with Gasteiger partial charge in [-0.25, -0.2) is 9.97 Å². The van der Waals surface area contributed by atoms with Gasteiger partial charge in [-0.05, 0) is 6.07 Å². The SMILES string of the molecule is COc1cc2ncn(-c3cc(OCc4cccnc4Cl)cs3)c2cc1OC. The number of imidazole rings is 1. The molecule has 27 heavy (non-hydrogen) atoms. The van der Waals surface area contributed by atoms with Crippen LogP contribution in [0.25, 0.3) is 16.0 Å². The lowest BCUT2D eigenvalue weighted by atomic mass is 10.2. The van der Waals surface area contributed by atoms with Gasteiger partial charge >= 0.3 is 0 Å². The highest BCUT2D eigenvalue weighted by molar-refractivity contribution is 7.12. The van der Waals surface area contributed by atoms with Gasteiger partial charge in [0, 0.05) is 35.3 Å². The molecule has 0 atom stereocenters. The Hall–Kier alpha value is -2.77. The molecule has 0 N–H and O–H groups in total. The molecule has 0 spiro atoms. The zero-order valence-electron chi connectivity index (χ0n) is 14.7. The number of hydrogen-bond acceptors (Lipinski definition) is 6. The van der Waals surface area contributed by atoms with Crippen molar-refractivity contribution >= 4 is 34.0 Å². The van der Waals surface area contributed by atoms with Gasteiger partial charge in [0.05, 0.1) is 25.3 Å². The summed E-state index contributed by atoms with van der Waals surface area (Å²) in [5.41, 5.74) is 2.60. The van der Waals surface area contributed by atoms with E-state index in [0.29, 0.717) is 23.3 Å². The van der Waals surface area contributed by atoms with Crippen molar-refractivity contribution in [2.24, 2.45) is 0 Å². The van der Waals surface area contributed by atoms with Crippen LogP contribution < -0.4 is 14.2 Å². The monoisotopic (exact) mass is 401 g/mol. The Labute approximate surface area is 164 Å². The number of methoxy groups -OCH3 is 2. The largest absolute Gasteiger partial charge is 0.493 e. The third kappa shape index (κ3) is 3.43. The Kier molecular flexibility index (Phi) is 4.87. The number of nitrogens with zero attached hydrogens (tertiary/aromatic N) is 3. The molecule has 4 rings (SSSR count). The minimum atomic E-state index is 0.360. The number of thiophene rings is 1. The first-order valence-electron chi connectivity index (χ1n) is 8.09. The van der Waals surface area contributed by atoms with E-state index in [2.05, 4.69) is 9.97 Å². The Bertz CT molecular complexity index is 1090. The van der Waals surface area contributed by atoms with Gasteiger partial charge in [0.25, 0.3) is 0 Å². The molecule has 0 fully saturated rings. The predicted octanol–water partition coefficient (Wildman–Crippen LogP) is 4.73. The molecule has 4 aromatic rings. The lowest BCUT2D eigenvalue weighted by Crippen LogP contribution is -1.96. The fourth-order valence-electron chi connectivity index (χ4n) is 2.71. The van der Waals surface area contributed by atoms with Gasteiger partial charge in [-0.1, -0.05) is 17.7 Å². The van der Waals surface area contributed by atoms with Gasteiger partial charge in [0.15, 0.2) is 11.5 Å². The minimum Gasteiger partial charge on any atom is -0.493 e. The van der Waals surface area contributed by atoms with Crippen molar-refractivity contribution in [3.63, 3.8) is 0 Å². The molecule has 0 aliphatic carbocycles. The highest BCUT2D eigenvalue weighted by atomic mass is 35.5. The molecule has 0 saturated heterocycles. The Morgan fingerprint density at radius 3 is 2.70 bits per heavy atom. The second kappa shape index (κ2) is 7.46. The van der Waals surface area contributed by atoms with Crippen molar-refractivity contribution in [2.75, 3.05) is 14.2 Å². The van der Waals surface area contributed by atoms with E-state index in [9.17, 15) is 0 Å². The lowest BCUT2D eigenvalue weighted by Gasteiger charge is -2.08. The zero-order chi connectivity index (χ0) is 18.8. The number of aromatic nitrogens is 3. The van der Waals surface area contributed by atoms with Crippen LogP contribution in [0, 0.1) is 0 Å². The number of benzene rings is 1. The third-order valence-electron chi connectivity index (χ3n) is 4.08. The average molecular weight is 402 g/mol. The quantitative estimate of drug-likeness (QED) is 0.437. The van der Waals surface area contributed by atoms with E-state index >= 15 is 0 Å². The second-order valence-corrected chi connectivity index (χ2v) is 6.92. The fraction of sp³-hybridized carbons (Fsp3) is 0.158. The molecule has 0 aliphatic heterocycles. The third-order valence-corrected chi connectivity index (χ3v) is 5.33. The van der Waals surface area contributed by atoms with Crippen LogP contribution in [0.15, 0.2) is 48.2 Å². The van der Waals surface area contributed by atoms with Gasteiger partial charge in [0.2, 0.25) is 0 Å². The lowest BCUT2D eigenvalue weighted by molar-refractivity contribution is 0.307. The highest BCUT2D eigenvalue weighted by Crippen LogP contribution is 2.34.